The van der Waals surface area contributed by atoms with E-state index < -0.39 is 0 Å². The molecule has 2 amide bonds. The topological polar surface area (TPSA) is 74.8 Å². The molecule has 2 aliphatic rings. The second kappa shape index (κ2) is 7.65. The summed E-state index contributed by atoms with van der Waals surface area (Å²) in [5.74, 6) is 0.245. The number of hydrogen-bond acceptors (Lipinski definition) is 5. The van der Waals surface area contributed by atoms with E-state index in [1.165, 1.54) is 24.2 Å². The first-order chi connectivity index (χ1) is 13.2. The number of carbonyl (C=O) groups excluding carboxylic acids is 2. The number of nitrogens with zero attached hydrogens (tertiary/aromatic N) is 3. The number of ether oxygens (including phenoxy) is 1. The Hall–Kier alpha value is -3.09. The highest BCUT2D eigenvalue weighted by atomic mass is 16.6. The van der Waals surface area contributed by atoms with Crippen LogP contribution in [0.2, 0.25) is 0 Å². The van der Waals surface area contributed by atoms with Crippen LogP contribution in [0.25, 0.3) is 0 Å². The summed E-state index contributed by atoms with van der Waals surface area (Å²) in [6.07, 6.45) is 5.12. The van der Waals surface area contributed by atoms with Gasteiger partial charge >= 0.3 is 6.09 Å². The normalized spacial score (nSPS) is 17.0. The predicted octanol–water partition coefficient (Wildman–Crippen LogP) is 3.28. The lowest BCUT2D eigenvalue weighted by Gasteiger charge is -2.28. The number of aromatic nitrogens is 1. The van der Waals surface area contributed by atoms with Gasteiger partial charge in [-0.2, -0.15) is 0 Å². The van der Waals surface area contributed by atoms with Gasteiger partial charge in [0.2, 0.25) is 0 Å². The lowest BCUT2D eigenvalue weighted by Crippen LogP contribution is -2.29. The molecule has 4 rings (SSSR count). The number of carbonyl (C=O) groups is 2. The third-order valence-corrected chi connectivity index (χ3v) is 4.89. The molecule has 0 unspecified atom stereocenters. The highest BCUT2D eigenvalue weighted by molar-refractivity contribution is 6.05. The minimum atomic E-state index is -0.387. The van der Waals surface area contributed by atoms with E-state index in [1.807, 2.05) is 12.1 Å². The molecule has 0 aliphatic carbocycles. The summed E-state index contributed by atoms with van der Waals surface area (Å²) in [7, 11) is 0. The summed E-state index contributed by atoms with van der Waals surface area (Å²) in [6.45, 7) is 2.96. The maximum absolute atomic E-state index is 12.6. The van der Waals surface area contributed by atoms with E-state index in [0.717, 1.165) is 18.8 Å². The van der Waals surface area contributed by atoms with Crippen molar-refractivity contribution < 1.29 is 14.3 Å². The second-order valence-electron chi connectivity index (χ2n) is 6.72. The Morgan fingerprint density at radius 3 is 2.59 bits per heavy atom. The summed E-state index contributed by atoms with van der Waals surface area (Å²) in [5, 5.41) is 2.81. The molecule has 1 aromatic heterocycles. The van der Waals surface area contributed by atoms with Crippen LogP contribution < -0.4 is 15.1 Å². The fraction of sp³-hybridized carbons (Fsp3) is 0.350. The van der Waals surface area contributed by atoms with Gasteiger partial charge in [-0.1, -0.05) is 6.07 Å². The zero-order chi connectivity index (χ0) is 18.6. The van der Waals surface area contributed by atoms with Gasteiger partial charge in [-0.3, -0.25) is 9.69 Å². The van der Waals surface area contributed by atoms with Crippen LogP contribution in [0.15, 0.2) is 42.6 Å². The number of hydrogen-bond donors (Lipinski definition) is 1. The van der Waals surface area contributed by atoms with Crippen LogP contribution >= 0.6 is 0 Å². The first-order valence-corrected chi connectivity index (χ1v) is 9.27. The number of cyclic esters (lactones) is 1. The summed E-state index contributed by atoms with van der Waals surface area (Å²) in [4.78, 5) is 32.5. The molecule has 1 aromatic carbocycles. The standard InChI is InChI=1S/C20H22N4O3/c25-19(15-5-4-6-16(13-15)24-11-12-27-20(24)26)22-18-8-7-17(14-21-18)23-9-2-1-3-10-23/h4-8,13-14H,1-3,9-12H2,(H,21,22,25). The SMILES string of the molecule is O=C(Nc1ccc(N2CCCCC2)cn1)c1cccc(N2CCOC2=O)c1. The highest BCUT2D eigenvalue weighted by Crippen LogP contribution is 2.22. The molecule has 0 saturated carbocycles. The third kappa shape index (κ3) is 3.86. The van der Waals surface area contributed by atoms with Gasteiger partial charge in [-0.05, 0) is 49.6 Å². The van der Waals surface area contributed by atoms with Crippen molar-refractivity contribution in [1.82, 2.24) is 4.98 Å². The fourth-order valence-corrected chi connectivity index (χ4v) is 3.43. The van der Waals surface area contributed by atoms with Crippen LogP contribution in [-0.4, -0.2) is 43.2 Å². The molecule has 3 heterocycles. The van der Waals surface area contributed by atoms with Crippen molar-refractivity contribution in [2.75, 3.05) is 41.4 Å². The minimum absolute atomic E-state index is 0.261. The van der Waals surface area contributed by atoms with E-state index in [2.05, 4.69) is 15.2 Å². The van der Waals surface area contributed by atoms with Gasteiger partial charge in [0.15, 0.2) is 0 Å². The Balaban J connectivity index is 1.43. The number of rotatable bonds is 4. The molecule has 0 radical (unpaired) electrons. The third-order valence-electron chi connectivity index (χ3n) is 4.89. The molecule has 2 aliphatic heterocycles. The lowest BCUT2D eigenvalue weighted by molar-refractivity contribution is 0.102. The summed E-state index contributed by atoms with van der Waals surface area (Å²) in [6, 6.07) is 10.7. The summed E-state index contributed by atoms with van der Waals surface area (Å²) >= 11 is 0. The van der Waals surface area contributed by atoms with E-state index in [0.29, 0.717) is 30.2 Å². The molecule has 1 N–H and O–H groups in total. The van der Waals surface area contributed by atoms with Crippen LogP contribution in [0.3, 0.4) is 0 Å². The fourth-order valence-electron chi connectivity index (χ4n) is 3.43. The van der Waals surface area contributed by atoms with Crippen molar-refractivity contribution >= 4 is 29.2 Å². The first-order valence-electron chi connectivity index (χ1n) is 9.27. The molecule has 2 fully saturated rings. The predicted molar refractivity (Wildman–Crippen MR) is 103 cm³/mol. The number of amides is 2. The zero-order valence-corrected chi connectivity index (χ0v) is 15.1. The molecular formula is C20H22N4O3. The molecule has 140 valence electrons. The quantitative estimate of drug-likeness (QED) is 0.899. The highest BCUT2D eigenvalue weighted by Gasteiger charge is 2.24. The van der Waals surface area contributed by atoms with Crippen molar-refractivity contribution in [3.05, 3.63) is 48.2 Å². The van der Waals surface area contributed by atoms with E-state index in [-0.39, 0.29) is 12.0 Å². The Bertz CT molecular complexity index is 831. The molecule has 7 heteroatoms. The number of benzene rings is 1. The summed E-state index contributed by atoms with van der Waals surface area (Å²) < 4.78 is 4.95. The molecule has 2 saturated heterocycles. The number of anilines is 3. The number of nitrogens with one attached hydrogen (secondary N) is 1. The number of pyridine rings is 1. The Kier molecular flexibility index (Phi) is 4.91. The van der Waals surface area contributed by atoms with Gasteiger partial charge < -0.3 is 15.0 Å². The average Bonchev–Trinajstić information content (AvgIpc) is 3.15. The molecular weight excluding hydrogens is 344 g/mol. The van der Waals surface area contributed by atoms with Gasteiger partial charge in [0.05, 0.1) is 18.4 Å². The van der Waals surface area contributed by atoms with E-state index in [4.69, 9.17) is 4.74 Å². The lowest BCUT2D eigenvalue weighted by atomic mass is 10.1. The van der Waals surface area contributed by atoms with Crippen LogP contribution in [0.1, 0.15) is 29.6 Å². The van der Waals surface area contributed by atoms with Crippen molar-refractivity contribution in [2.45, 2.75) is 19.3 Å². The minimum Gasteiger partial charge on any atom is -0.447 e. The van der Waals surface area contributed by atoms with E-state index >= 15 is 0 Å². The van der Waals surface area contributed by atoms with E-state index in [1.54, 1.807) is 30.5 Å². The van der Waals surface area contributed by atoms with Gasteiger partial charge in [0.25, 0.3) is 5.91 Å². The van der Waals surface area contributed by atoms with Crippen LogP contribution in [0.5, 0.6) is 0 Å². The van der Waals surface area contributed by atoms with Crippen LogP contribution in [0, 0.1) is 0 Å². The molecule has 0 bridgehead atoms. The molecule has 0 spiro atoms. The number of piperidine rings is 1. The Labute approximate surface area is 157 Å². The van der Waals surface area contributed by atoms with Gasteiger partial charge in [-0.15, -0.1) is 0 Å². The van der Waals surface area contributed by atoms with Crippen LogP contribution in [0.4, 0.5) is 22.0 Å². The molecule has 27 heavy (non-hydrogen) atoms. The van der Waals surface area contributed by atoms with Gasteiger partial charge in [0, 0.05) is 24.3 Å². The largest absolute Gasteiger partial charge is 0.447 e. The first kappa shape index (κ1) is 17.3. The Morgan fingerprint density at radius 1 is 1.04 bits per heavy atom. The second-order valence-corrected chi connectivity index (χ2v) is 6.72. The van der Waals surface area contributed by atoms with Crippen molar-refractivity contribution in [3.63, 3.8) is 0 Å². The van der Waals surface area contributed by atoms with Crippen molar-refractivity contribution in [1.29, 1.82) is 0 Å². The Morgan fingerprint density at radius 2 is 1.89 bits per heavy atom. The smallest absolute Gasteiger partial charge is 0.414 e. The maximum atomic E-state index is 12.6. The van der Waals surface area contributed by atoms with Gasteiger partial charge in [-0.25, -0.2) is 9.78 Å². The average molecular weight is 366 g/mol. The molecule has 2 aromatic rings. The zero-order valence-electron chi connectivity index (χ0n) is 15.1. The van der Waals surface area contributed by atoms with Crippen molar-refractivity contribution in [3.8, 4) is 0 Å². The van der Waals surface area contributed by atoms with E-state index in [9.17, 15) is 9.59 Å². The molecule has 0 atom stereocenters. The van der Waals surface area contributed by atoms with Crippen molar-refractivity contribution in [2.24, 2.45) is 0 Å². The summed E-state index contributed by atoms with van der Waals surface area (Å²) in [5.41, 5.74) is 2.20. The van der Waals surface area contributed by atoms with Gasteiger partial charge in [0.1, 0.15) is 12.4 Å². The molecule has 7 nitrogen and oxygen atoms in total. The maximum Gasteiger partial charge on any atom is 0.414 e. The monoisotopic (exact) mass is 366 g/mol. The van der Waals surface area contributed by atoms with Crippen LogP contribution in [-0.2, 0) is 4.74 Å².